The molecule has 1 aliphatic carbocycles. The van der Waals surface area contributed by atoms with E-state index in [1.165, 1.54) is 17.0 Å². The number of ether oxygens (including phenoxy) is 1. The molecule has 0 bridgehead atoms. The molecule has 0 heterocycles. The molecule has 0 radical (unpaired) electrons. The van der Waals surface area contributed by atoms with Crippen molar-refractivity contribution in [1.29, 1.82) is 0 Å². The normalized spacial score (nSPS) is 13.9. The number of hydrogen-bond acceptors (Lipinski definition) is 5. The van der Waals surface area contributed by atoms with Gasteiger partial charge < -0.3 is 15.0 Å². The van der Waals surface area contributed by atoms with E-state index in [0.29, 0.717) is 37.1 Å². The Balaban J connectivity index is 1.54. The van der Waals surface area contributed by atoms with Crippen LogP contribution in [0.1, 0.15) is 48.4 Å². The highest BCUT2D eigenvalue weighted by atomic mass is 32.2. The minimum absolute atomic E-state index is 0.0131. The first-order chi connectivity index (χ1) is 19.8. The summed E-state index contributed by atoms with van der Waals surface area (Å²) in [6.45, 7) is 0.985. The molecule has 2 amide bonds. The maximum atomic E-state index is 13.8. The summed E-state index contributed by atoms with van der Waals surface area (Å²) in [4.78, 5) is 29.0. The van der Waals surface area contributed by atoms with Gasteiger partial charge in [0.15, 0.2) is 0 Å². The Hall–Kier alpha value is -3.60. The second kappa shape index (κ2) is 14.3. The zero-order valence-corrected chi connectivity index (χ0v) is 23.9. The number of hydrogen-bond donors (Lipinski definition) is 2. The summed E-state index contributed by atoms with van der Waals surface area (Å²) in [7, 11) is -1.97. The number of amides is 2. The highest BCUT2D eigenvalue weighted by molar-refractivity contribution is 7.89. The molecule has 2 N–H and O–H groups in total. The summed E-state index contributed by atoms with van der Waals surface area (Å²) >= 11 is 0. The third kappa shape index (κ3) is 8.94. The summed E-state index contributed by atoms with van der Waals surface area (Å²) in [6.07, 6.45) is 2.77. The minimum Gasteiger partial charge on any atom is -0.385 e. The van der Waals surface area contributed by atoms with Crippen LogP contribution in [0.15, 0.2) is 83.8 Å². The highest BCUT2D eigenvalue weighted by Gasteiger charge is 2.31. The lowest BCUT2D eigenvalue weighted by molar-refractivity contribution is -0.141. The van der Waals surface area contributed by atoms with Gasteiger partial charge in [-0.2, -0.15) is 0 Å². The molecule has 8 nitrogen and oxygen atoms in total. The number of halogens is 1. The number of aryl methyl sites for hydroxylation is 1. The molecular formula is C31H36FN3O5S. The van der Waals surface area contributed by atoms with E-state index in [2.05, 4.69) is 10.0 Å². The summed E-state index contributed by atoms with van der Waals surface area (Å²) in [6, 6.07) is 20.5. The van der Waals surface area contributed by atoms with Crippen molar-refractivity contribution >= 4 is 21.8 Å². The van der Waals surface area contributed by atoms with Crippen molar-refractivity contribution in [3.05, 3.63) is 101 Å². The van der Waals surface area contributed by atoms with Crippen LogP contribution in [0.3, 0.4) is 0 Å². The summed E-state index contributed by atoms with van der Waals surface area (Å²) in [5.74, 6) is -0.970. The first-order valence-corrected chi connectivity index (χ1v) is 15.2. The van der Waals surface area contributed by atoms with Crippen molar-refractivity contribution in [3.8, 4) is 0 Å². The van der Waals surface area contributed by atoms with E-state index in [9.17, 15) is 22.4 Å². The maximum absolute atomic E-state index is 13.8. The second-order valence-electron chi connectivity index (χ2n) is 10.1. The Morgan fingerprint density at radius 3 is 2.27 bits per heavy atom. The molecule has 1 atom stereocenters. The largest absolute Gasteiger partial charge is 0.385 e. The number of benzene rings is 3. The fraction of sp³-hybridized carbons (Fsp3) is 0.355. The quantitative estimate of drug-likeness (QED) is 0.263. The average molecular weight is 582 g/mol. The van der Waals surface area contributed by atoms with E-state index in [0.717, 1.165) is 18.4 Å². The van der Waals surface area contributed by atoms with E-state index in [4.69, 9.17) is 4.74 Å². The number of methoxy groups -OCH3 is 1. The van der Waals surface area contributed by atoms with Gasteiger partial charge in [0.2, 0.25) is 21.8 Å². The van der Waals surface area contributed by atoms with Gasteiger partial charge in [-0.05, 0) is 66.6 Å². The fourth-order valence-corrected chi connectivity index (χ4v) is 5.77. The monoisotopic (exact) mass is 581 g/mol. The van der Waals surface area contributed by atoms with Crippen LogP contribution in [-0.2, 0) is 37.3 Å². The van der Waals surface area contributed by atoms with Gasteiger partial charge in [0.1, 0.15) is 11.9 Å². The molecule has 10 heteroatoms. The van der Waals surface area contributed by atoms with Crippen LogP contribution < -0.4 is 10.0 Å². The topological polar surface area (TPSA) is 105 Å². The van der Waals surface area contributed by atoms with Gasteiger partial charge >= 0.3 is 0 Å². The molecule has 3 aromatic rings. The van der Waals surface area contributed by atoms with Crippen LogP contribution in [0.2, 0.25) is 0 Å². The third-order valence-electron chi connectivity index (χ3n) is 6.85. The standard InChI is InChI=1S/C31H36FN3O5S/c1-40-21-5-20-33-31(37)30(25-6-3-2-4-7-25)35(22-24-8-13-26(32)14-9-24)29(36)19-12-23-10-17-28(18-11-23)41(38,39)34-27-15-16-27/h2-4,6-11,13-14,17-18,27,30,34H,5,12,15-16,19-22H2,1H3,(H,33,37)/t30-/m0/s1. The fourth-order valence-electron chi connectivity index (χ4n) is 4.46. The third-order valence-corrected chi connectivity index (χ3v) is 8.38. The molecule has 0 saturated heterocycles. The summed E-state index contributed by atoms with van der Waals surface area (Å²) in [5, 5.41) is 2.92. The van der Waals surface area contributed by atoms with Gasteiger partial charge in [0.25, 0.3) is 0 Å². The van der Waals surface area contributed by atoms with Gasteiger partial charge in [0, 0.05) is 39.3 Å². The van der Waals surface area contributed by atoms with Crippen LogP contribution in [0.4, 0.5) is 4.39 Å². The van der Waals surface area contributed by atoms with E-state index >= 15 is 0 Å². The zero-order chi connectivity index (χ0) is 29.2. The van der Waals surface area contributed by atoms with Crippen LogP contribution in [0.5, 0.6) is 0 Å². The number of nitrogens with zero attached hydrogens (tertiary/aromatic N) is 1. The minimum atomic E-state index is -3.56. The van der Waals surface area contributed by atoms with Crippen molar-refractivity contribution in [1.82, 2.24) is 14.9 Å². The number of carbonyl (C=O) groups is 2. The molecule has 1 fully saturated rings. The van der Waals surface area contributed by atoms with Crippen molar-refractivity contribution in [2.45, 2.75) is 55.6 Å². The van der Waals surface area contributed by atoms with E-state index in [1.54, 1.807) is 55.6 Å². The predicted octanol–water partition coefficient (Wildman–Crippen LogP) is 4.12. The van der Waals surface area contributed by atoms with Crippen LogP contribution in [-0.4, -0.2) is 51.4 Å². The van der Waals surface area contributed by atoms with Crippen molar-refractivity contribution in [3.63, 3.8) is 0 Å². The molecule has 0 spiro atoms. The van der Waals surface area contributed by atoms with E-state index in [-0.39, 0.29) is 41.5 Å². The Bertz CT molecular complexity index is 1400. The Kier molecular flexibility index (Phi) is 10.6. The van der Waals surface area contributed by atoms with Gasteiger partial charge in [0.05, 0.1) is 4.90 Å². The molecule has 1 saturated carbocycles. The summed E-state index contributed by atoms with van der Waals surface area (Å²) < 4.78 is 46.3. The molecule has 0 unspecified atom stereocenters. The van der Waals surface area contributed by atoms with Crippen molar-refractivity contribution in [2.24, 2.45) is 0 Å². The van der Waals surface area contributed by atoms with Gasteiger partial charge in [-0.25, -0.2) is 17.5 Å². The average Bonchev–Trinajstić information content (AvgIpc) is 3.79. The molecule has 4 rings (SSSR count). The van der Waals surface area contributed by atoms with Gasteiger partial charge in [-0.1, -0.05) is 54.6 Å². The van der Waals surface area contributed by atoms with Crippen molar-refractivity contribution in [2.75, 3.05) is 20.3 Å². The Morgan fingerprint density at radius 1 is 0.976 bits per heavy atom. The molecule has 1 aliphatic rings. The lowest BCUT2D eigenvalue weighted by Crippen LogP contribution is -2.43. The molecular weight excluding hydrogens is 545 g/mol. The van der Waals surface area contributed by atoms with E-state index in [1.807, 2.05) is 18.2 Å². The van der Waals surface area contributed by atoms with Crippen molar-refractivity contribution < 1.29 is 27.1 Å². The summed E-state index contributed by atoms with van der Waals surface area (Å²) in [5.41, 5.74) is 2.14. The van der Waals surface area contributed by atoms with E-state index < -0.39 is 16.1 Å². The Morgan fingerprint density at radius 2 is 1.63 bits per heavy atom. The van der Waals surface area contributed by atoms with Crippen LogP contribution >= 0.6 is 0 Å². The number of sulfonamides is 1. The number of nitrogens with one attached hydrogen (secondary N) is 2. The lowest BCUT2D eigenvalue weighted by atomic mass is 10.0. The SMILES string of the molecule is COCCCNC(=O)[C@H](c1ccccc1)N(Cc1ccc(F)cc1)C(=O)CCc1ccc(S(=O)(=O)NC2CC2)cc1. The molecule has 3 aromatic carbocycles. The zero-order valence-electron chi connectivity index (χ0n) is 23.1. The highest BCUT2D eigenvalue weighted by Crippen LogP contribution is 2.26. The van der Waals surface area contributed by atoms with Gasteiger partial charge in [-0.3, -0.25) is 9.59 Å². The van der Waals surface area contributed by atoms with Crippen LogP contribution in [0, 0.1) is 5.82 Å². The molecule has 0 aliphatic heterocycles. The first kappa shape index (κ1) is 30.4. The second-order valence-corrected chi connectivity index (χ2v) is 11.9. The Labute approximate surface area is 241 Å². The predicted molar refractivity (Wildman–Crippen MR) is 154 cm³/mol. The molecule has 218 valence electrons. The van der Waals surface area contributed by atoms with Gasteiger partial charge in [-0.15, -0.1) is 0 Å². The van der Waals surface area contributed by atoms with Crippen LogP contribution in [0.25, 0.3) is 0 Å². The smallest absolute Gasteiger partial charge is 0.247 e. The first-order valence-electron chi connectivity index (χ1n) is 13.7. The number of rotatable bonds is 15. The maximum Gasteiger partial charge on any atom is 0.247 e. The lowest BCUT2D eigenvalue weighted by Gasteiger charge is -2.32. The molecule has 41 heavy (non-hydrogen) atoms. The molecule has 0 aromatic heterocycles. The number of carbonyl (C=O) groups excluding carboxylic acids is 2.